The van der Waals surface area contributed by atoms with Crippen LogP contribution in [0.2, 0.25) is 0 Å². The molecule has 1 aromatic heterocycles. The molecule has 2 heterocycles. The highest BCUT2D eigenvalue weighted by atomic mass is 32.2. The summed E-state index contributed by atoms with van der Waals surface area (Å²) in [4.78, 5) is 21.5. The molecule has 0 aliphatic carbocycles. The Hall–Kier alpha value is -1.70. The monoisotopic (exact) mass is 313 g/mol. The van der Waals surface area contributed by atoms with E-state index in [-0.39, 0.29) is 35.7 Å². The summed E-state index contributed by atoms with van der Waals surface area (Å²) in [6, 6.07) is -0.296. The van der Waals surface area contributed by atoms with Gasteiger partial charge in [-0.2, -0.15) is 0 Å². The number of hydrogen-bond acceptors (Lipinski definition) is 6. The molecule has 116 valence electrons. The highest BCUT2D eigenvalue weighted by Gasteiger charge is 2.31. The van der Waals surface area contributed by atoms with Crippen molar-refractivity contribution in [1.29, 1.82) is 0 Å². The fourth-order valence-electron chi connectivity index (χ4n) is 2.39. The Morgan fingerprint density at radius 2 is 2.14 bits per heavy atom. The van der Waals surface area contributed by atoms with Crippen LogP contribution in [0, 0.1) is 0 Å². The molecule has 0 radical (unpaired) electrons. The number of carbonyl (C=O) groups is 1. The number of carboxylic acid groups (broad SMARTS) is 1. The van der Waals surface area contributed by atoms with E-state index in [2.05, 4.69) is 9.97 Å². The topological polar surface area (TPSA) is 100 Å². The standard InChI is InChI=1S/C13H19N3O4S/c1-8(2)12-14-6-10(11(15-12)13(17)18)16-4-5-21(19,20)7-9(16)3/h6,8-9H,4-5,7H2,1-3H3,(H,17,18). The Kier molecular flexibility index (Phi) is 4.18. The van der Waals surface area contributed by atoms with Crippen LogP contribution < -0.4 is 4.90 Å². The molecule has 7 nitrogen and oxygen atoms in total. The van der Waals surface area contributed by atoms with Crippen LogP contribution in [-0.4, -0.2) is 53.6 Å². The molecule has 0 spiro atoms. The molecule has 1 saturated heterocycles. The summed E-state index contributed by atoms with van der Waals surface area (Å²) in [5, 5.41) is 9.36. The van der Waals surface area contributed by atoms with Gasteiger partial charge in [-0.1, -0.05) is 13.8 Å². The second-order valence-electron chi connectivity index (χ2n) is 5.58. The van der Waals surface area contributed by atoms with Gasteiger partial charge in [-0.15, -0.1) is 0 Å². The number of carboxylic acids is 1. The summed E-state index contributed by atoms with van der Waals surface area (Å²) in [6.07, 6.45) is 1.49. The molecule has 0 saturated carbocycles. The van der Waals surface area contributed by atoms with Crippen LogP contribution in [0.25, 0.3) is 0 Å². The van der Waals surface area contributed by atoms with Gasteiger partial charge < -0.3 is 10.0 Å². The third kappa shape index (κ3) is 3.31. The zero-order valence-corrected chi connectivity index (χ0v) is 13.1. The van der Waals surface area contributed by atoms with Gasteiger partial charge in [0.25, 0.3) is 0 Å². The largest absolute Gasteiger partial charge is 0.476 e. The van der Waals surface area contributed by atoms with E-state index in [4.69, 9.17) is 0 Å². The highest BCUT2D eigenvalue weighted by Crippen LogP contribution is 2.25. The lowest BCUT2D eigenvalue weighted by Crippen LogP contribution is -2.47. The second kappa shape index (κ2) is 5.59. The molecule has 1 N–H and O–H groups in total. The average molecular weight is 313 g/mol. The third-order valence-corrected chi connectivity index (χ3v) is 5.28. The summed E-state index contributed by atoms with van der Waals surface area (Å²) in [6.45, 7) is 5.79. The van der Waals surface area contributed by atoms with Gasteiger partial charge in [-0.05, 0) is 6.92 Å². The maximum absolute atomic E-state index is 11.6. The first kappa shape index (κ1) is 15.7. The normalized spacial score (nSPS) is 21.5. The van der Waals surface area contributed by atoms with E-state index >= 15 is 0 Å². The number of anilines is 1. The maximum atomic E-state index is 11.6. The summed E-state index contributed by atoms with van der Waals surface area (Å²) in [5.74, 6) is -0.611. The van der Waals surface area contributed by atoms with Crippen molar-refractivity contribution in [2.24, 2.45) is 0 Å². The van der Waals surface area contributed by atoms with Crippen molar-refractivity contribution >= 4 is 21.5 Å². The number of aromatic carboxylic acids is 1. The van der Waals surface area contributed by atoms with E-state index in [0.29, 0.717) is 11.5 Å². The van der Waals surface area contributed by atoms with Gasteiger partial charge >= 0.3 is 5.97 Å². The zero-order valence-electron chi connectivity index (χ0n) is 12.3. The van der Waals surface area contributed by atoms with Crippen molar-refractivity contribution in [3.63, 3.8) is 0 Å². The molecule has 0 amide bonds. The van der Waals surface area contributed by atoms with Crippen LogP contribution in [0.4, 0.5) is 5.69 Å². The lowest BCUT2D eigenvalue weighted by molar-refractivity contribution is 0.0690. The highest BCUT2D eigenvalue weighted by molar-refractivity contribution is 7.91. The van der Waals surface area contributed by atoms with Gasteiger partial charge in [0.2, 0.25) is 0 Å². The summed E-state index contributed by atoms with van der Waals surface area (Å²) >= 11 is 0. The Labute approximate surface area is 123 Å². The minimum atomic E-state index is -3.06. The SMILES string of the molecule is CC(C)c1ncc(N2CCS(=O)(=O)CC2C)c(C(=O)O)n1. The van der Waals surface area contributed by atoms with Gasteiger partial charge in [0.05, 0.1) is 23.4 Å². The Morgan fingerprint density at radius 3 is 2.67 bits per heavy atom. The van der Waals surface area contributed by atoms with Crippen LogP contribution >= 0.6 is 0 Å². The van der Waals surface area contributed by atoms with Crippen molar-refractivity contribution < 1.29 is 18.3 Å². The van der Waals surface area contributed by atoms with Crippen LogP contribution in [0.1, 0.15) is 43.0 Å². The fourth-order valence-corrected chi connectivity index (χ4v) is 3.95. The molecular weight excluding hydrogens is 294 g/mol. The molecule has 1 aromatic rings. The van der Waals surface area contributed by atoms with Crippen molar-refractivity contribution in [3.05, 3.63) is 17.7 Å². The average Bonchev–Trinajstić information content (AvgIpc) is 2.37. The van der Waals surface area contributed by atoms with Crippen LogP contribution in [0.3, 0.4) is 0 Å². The molecule has 1 atom stereocenters. The van der Waals surface area contributed by atoms with Crippen LogP contribution in [-0.2, 0) is 9.84 Å². The Bertz CT molecular complexity index is 657. The van der Waals surface area contributed by atoms with Gasteiger partial charge in [-0.25, -0.2) is 23.2 Å². The van der Waals surface area contributed by atoms with E-state index < -0.39 is 15.8 Å². The van der Waals surface area contributed by atoms with Crippen molar-refractivity contribution in [2.45, 2.75) is 32.7 Å². The molecule has 1 aliphatic rings. The molecule has 1 unspecified atom stereocenters. The first-order chi connectivity index (χ1) is 9.71. The zero-order chi connectivity index (χ0) is 15.8. The lowest BCUT2D eigenvalue weighted by atomic mass is 10.2. The molecule has 0 bridgehead atoms. The Balaban J connectivity index is 2.42. The van der Waals surface area contributed by atoms with Crippen molar-refractivity contribution in [2.75, 3.05) is 23.0 Å². The maximum Gasteiger partial charge on any atom is 0.356 e. The van der Waals surface area contributed by atoms with Crippen molar-refractivity contribution in [3.8, 4) is 0 Å². The number of hydrogen-bond donors (Lipinski definition) is 1. The summed E-state index contributed by atoms with van der Waals surface area (Å²) in [7, 11) is -3.06. The molecular formula is C13H19N3O4S. The first-order valence-electron chi connectivity index (χ1n) is 6.78. The summed E-state index contributed by atoms with van der Waals surface area (Å²) in [5.41, 5.74) is 0.314. The van der Waals surface area contributed by atoms with E-state index in [1.165, 1.54) is 6.20 Å². The van der Waals surface area contributed by atoms with E-state index in [1.807, 2.05) is 13.8 Å². The van der Waals surface area contributed by atoms with Gasteiger partial charge in [0.1, 0.15) is 5.82 Å². The minimum absolute atomic E-state index is 0.0119. The molecule has 1 aliphatic heterocycles. The van der Waals surface area contributed by atoms with Gasteiger partial charge in [0.15, 0.2) is 15.5 Å². The quantitative estimate of drug-likeness (QED) is 0.885. The summed E-state index contributed by atoms with van der Waals surface area (Å²) < 4.78 is 23.3. The number of aromatic nitrogens is 2. The lowest BCUT2D eigenvalue weighted by Gasteiger charge is -2.35. The molecule has 21 heavy (non-hydrogen) atoms. The minimum Gasteiger partial charge on any atom is -0.476 e. The molecule has 1 fully saturated rings. The predicted octanol–water partition coefficient (Wildman–Crippen LogP) is 0.921. The first-order valence-corrected chi connectivity index (χ1v) is 8.60. The van der Waals surface area contributed by atoms with Crippen LogP contribution in [0.15, 0.2) is 6.20 Å². The van der Waals surface area contributed by atoms with Crippen molar-refractivity contribution in [1.82, 2.24) is 9.97 Å². The molecule has 2 rings (SSSR count). The number of sulfone groups is 1. The number of nitrogens with zero attached hydrogens (tertiary/aromatic N) is 3. The third-order valence-electron chi connectivity index (χ3n) is 3.49. The van der Waals surface area contributed by atoms with E-state index in [1.54, 1.807) is 11.8 Å². The molecule has 0 aromatic carbocycles. The smallest absolute Gasteiger partial charge is 0.356 e. The van der Waals surface area contributed by atoms with E-state index in [9.17, 15) is 18.3 Å². The van der Waals surface area contributed by atoms with Gasteiger partial charge in [0, 0.05) is 18.5 Å². The molecule has 8 heteroatoms. The van der Waals surface area contributed by atoms with Gasteiger partial charge in [-0.3, -0.25) is 0 Å². The second-order valence-corrected chi connectivity index (χ2v) is 7.81. The number of rotatable bonds is 3. The Morgan fingerprint density at radius 1 is 1.48 bits per heavy atom. The fraction of sp³-hybridized carbons (Fsp3) is 0.615. The van der Waals surface area contributed by atoms with Crippen LogP contribution in [0.5, 0.6) is 0 Å². The predicted molar refractivity (Wildman–Crippen MR) is 78.5 cm³/mol. The van der Waals surface area contributed by atoms with E-state index in [0.717, 1.165) is 0 Å².